The molecule has 1 heterocycles. The molecule has 1 aliphatic rings. The topological polar surface area (TPSA) is 64.4 Å². The lowest BCUT2D eigenvalue weighted by atomic mass is 9.90. The van der Waals surface area contributed by atoms with E-state index in [-0.39, 0.29) is 18.3 Å². The molecule has 0 bridgehead atoms. The second kappa shape index (κ2) is 5.98. The van der Waals surface area contributed by atoms with Gasteiger partial charge in [-0.3, -0.25) is 4.79 Å². The first-order valence-corrected chi connectivity index (χ1v) is 6.89. The lowest BCUT2D eigenvalue weighted by molar-refractivity contribution is -0.129. The Balaban J connectivity index is 1.96. The molecule has 0 saturated carbocycles. The van der Waals surface area contributed by atoms with Gasteiger partial charge in [0.05, 0.1) is 5.54 Å². The molecule has 1 amide bonds. The quantitative estimate of drug-likeness (QED) is 0.886. The van der Waals surface area contributed by atoms with Gasteiger partial charge in [-0.1, -0.05) is 15.9 Å². The largest absolute Gasteiger partial charge is 0.381 e. The van der Waals surface area contributed by atoms with Crippen LogP contribution in [-0.4, -0.2) is 24.7 Å². The zero-order chi connectivity index (χ0) is 13.9. The molecule has 1 fully saturated rings. The number of amides is 1. The van der Waals surface area contributed by atoms with Crippen LogP contribution >= 0.6 is 15.9 Å². The van der Waals surface area contributed by atoms with E-state index in [2.05, 4.69) is 21.2 Å². The summed E-state index contributed by atoms with van der Waals surface area (Å²) >= 11 is 3.21. The molecule has 2 rings (SSSR count). The Hall–Kier alpha value is -0.980. The van der Waals surface area contributed by atoms with Gasteiger partial charge in [0.2, 0.25) is 5.91 Å². The molecule has 0 spiro atoms. The van der Waals surface area contributed by atoms with Gasteiger partial charge in [-0.2, -0.15) is 0 Å². The molecule has 0 aliphatic carbocycles. The predicted octanol–water partition coefficient (Wildman–Crippen LogP) is 1.71. The first-order valence-electron chi connectivity index (χ1n) is 6.09. The van der Waals surface area contributed by atoms with Gasteiger partial charge in [0.1, 0.15) is 5.82 Å². The number of benzene rings is 1. The van der Waals surface area contributed by atoms with Crippen molar-refractivity contribution >= 4 is 21.8 Å². The van der Waals surface area contributed by atoms with E-state index in [0.717, 1.165) is 0 Å². The van der Waals surface area contributed by atoms with Crippen LogP contribution in [0.3, 0.4) is 0 Å². The summed E-state index contributed by atoms with van der Waals surface area (Å²) in [5.74, 6) is -0.552. The smallest absolute Gasteiger partial charge is 0.240 e. The summed E-state index contributed by atoms with van der Waals surface area (Å²) in [5, 5.41) is 2.76. The lowest BCUT2D eigenvalue weighted by Crippen LogP contribution is -2.56. The van der Waals surface area contributed by atoms with Crippen LogP contribution in [0.5, 0.6) is 0 Å². The molecule has 19 heavy (non-hydrogen) atoms. The van der Waals surface area contributed by atoms with Crippen LogP contribution < -0.4 is 11.1 Å². The molecule has 0 radical (unpaired) electrons. The van der Waals surface area contributed by atoms with Gasteiger partial charge in [0, 0.05) is 24.2 Å². The molecular formula is C13H16BrFN2O2. The normalized spacial score (nSPS) is 18.1. The summed E-state index contributed by atoms with van der Waals surface area (Å²) in [6.07, 6.45) is 1.01. The Labute approximate surface area is 119 Å². The van der Waals surface area contributed by atoms with Crippen molar-refractivity contribution in [1.29, 1.82) is 0 Å². The molecule has 1 saturated heterocycles. The lowest BCUT2D eigenvalue weighted by Gasteiger charge is -2.31. The number of carbonyl (C=O) groups excluding carboxylic acids is 1. The van der Waals surface area contributed by atoms with Crippen molar-refractivity contribution in [2.75, 3.05) is 13.2 Å². The minimum absolute atomic E-state index is 0.212. The summed E-state index contributed by atoms with van der Waals surface area (Å²) in [6, 6.07) is 4.52. The minimum atomic E-state index is -0.872. The summed E-state index contributed by atoms with van der Waals surface area (Å²) in [6.45, 7) is 1.25. The van der Waals surface area contributed by atoms with Crippen LogP contribution in [0.2, 0.25) is 0 Å². The molecule has 4 nitrogen and oxygen atoms in total. The number of rotatable bonds is 3. The summed E-state index contributed by atoms with van der Waals surface area (Å²) < 4.78 is 19.0. The van der Waals surface area contributed by atoms with Gasteiger partial charge >= 0.3 is 0 Å². The fourth-order valence-corrected chi connectivity index (χ4v) is 2.55. The maximum Gasteiger partial charge on any atom is 0.240 e. The van der Waals surface area contributed by atoms with E-state index in [1.165, 1.54) is 12.1 Å². The monoisotopic (exact) mass is 330 g/mol. The van der Waals surface area contributed by atoms with Crippen molar-refractivity contribution in [1.82, 2.24) is 5.32 Å². The van der Waals surface area contributed by atoms with E-state index in [0.29, 0.717) is 36.1 Å². The Morgan fingerprint density at radius 2 is 2.11 bits per heavy atom. The molecular weight excluding hydrogens is 315 g/mol. The van der Waals surface area contributed by atoms with Gasteiger partial charge in [0.25, 0.3) is 0 Å². The fraction of sp³-hybridized carbons (Fsp3) is 0.462. The van der Waals surface area contributed by atoms with E-state index in [1.807, 2.05) is 0 Å². The highest BCUT2D eigenvalue weighted by Gasteiger charge is 2.35. The average Bonchev–Trinajstić information content (AvgIpc) is 2.35. The SMILES string of the molecule is NC1(C(=O)NCc2cc(F)cc(Br)c2)CCOCC1. The molecule has 1 aromatic rings. The van der Waals surface area contributed by atoms with Crippen LogP contribution in [0.4, 0.5) is 4.39 Å². The number of hydrogen-bond donors (Lipinski definition) is 2. The zero-order valence-electron chi connectivity index (χ0n) is 10.4. The number of ether oxygens (including phenoxy) is 1. The summed E-state index contributed by atoms with van der Waals surface area (Å²) in [5.41, 5.74) is 5.87. The summed E-state index contributed by atoms with van der Waals surface area (Å²) in [7, 11) is 0. The number of nitrogens with two attached hydrogens (primary N) is 1. The molecule has 104 valence electrons. The van der Waals surface area contributed by atoms with Crippen molar-refractivity contribution in [3.05, 3.63) is 34.1 Å². The van der Waals surface area contributed by atoms with Crippen LogP contribution in [0.15, 0.2) is 22.7 Å². The Morgan fingerprint density at radius 3 is 2.74 bits per heavy atom. The summed E-state index contributed by atoms with van der Waals surface area (Å²) in [4.78, 5) is 12.1. The van der Waals surface area contributed by atoms with Crippen LogP contribution in [0.25, 0.3) is 0 Å². The van der Waals surface area contributed by atoms with E-state index in [1.54, 1.807) is 6.07 Å². The molecule has 1 aromatic carbocycles. The van der Waals surface area contributed by atoms with Crippen molar-refractivity contribution in [3.8, 4) is 0 Å². The zero-order valence-corrected chi connectivity index (χ0v) is 12.0. The Bertz CT molecular complexity index is 455. The minimum Gasteiger partial charge on any atom is -0.381 e. The molecule has 0 unspecified atom stereocenters. The van der Waals surface area contributed by atoms with Crippen molar-refractivity contribution in [2.45, 2.75) is 24.9 Å². The van der Waals surface area contributed by atoms with Gasteiger partial charge in [-0.15, -0.1) is 0 Å². The van der Waals surface area contributed by atoms with E-state index < -0.39 is 5.54 Å². The third-order valence-corrected chi connectivity index (χ3v) is 3.67. The van der Waals surface area contributed by atoms with Gasteiger partial charge in [-0.25, -0.2) is 4.39 Å². The third-order valence-electron chi connectivity index (χ3n) is 3.21. The van der Waals surface area contributed by atoms with Gasteiger partial charge in [-0.05, 0) is 36.6 Å². The van der Waals surface area contributed by atoms with Crippen molar-refractivity contribution in [3.63, 3.8) is 0 Å². The number of halogens is 2. The standard InChI is InChI=1S/C13H16BrFN2O2/c14-10-5-9(6-11(15)7-10)8-17-12(18)13(16)1-3-19-4-2-13/h5-7H,1-4,8,16H2,(H,17,18). The highest BCUT2D eigenvalue weighted by atomic mass is 79.9. The molecule has 6 heteroatoms. The second-order valence-corrected chi connectivity index (χ2v) is 5.64. The van der Waals surface area contributed by atoms with E-state index in [4.69, 9.17) is 10.5 Å². The number of nitrogens with one attached hydrogen (secondary N) is 1. The predicted molar refractivity (Wildman–Crippen MR) is 72.9 cm³/mol. The van der Waals surface area contributed by atoms with E-state index in [9.17, 15) is 9.18 Å². The Kier molecular flexibility index (Phi) is 4.54. The first-order chi connectivity index (χ1) is 8.99. The first kappa shape index (κ1) is 14.4. The van der Waals surface area contributed by atoms with Gasteiger partial charge < -0.3 is 15.8 Å². The molecule has 3 N–H and O–H groups in total. The van der Waals surface area contributed by atoms with Crippen LogP contribution in [0, 0.1) is 5.82 Å². The van der Waals surface area contributed by atoms with Crippen LogP contribution in [0.1, 0.15) is 18.4 Å². The third kappa shape index (κ3) is 3.75. The maximum absolute atomic E-state index is 13.2. The van der Waals surface area contributed by atoms with Crippen molar-refractivity contribution < 1.29 is 13.9 Å². The molecule has 0 atom stereocenters. The highest BCUT2D eigenvalue weighted by Crippen LogP contribution is 2.19. The van der Waals surface area contributed by atoms with Gasteiger partial charge in [0.15, 0.2) is 0 Å². The van der Waals surface area contributed by atoms with Crippen LogP contribution in [-0.2, 0) is 16.1 Å². The maximum atomic E-state index is 13.2. The Morgan fingerprint density at radius 1 is 1.42 bits per heavy atom. The number of carbonyl (C=O) groups is 1. The highest BCUT2D eigenvalue weighted by molar-refractivity contribution is 9.10. The number of hydrogen-bond acceptors (Lipinski definition) is 3. The average molecular weight is 331 g/mol. The van der Waals surface area contributed by atoms with Crippen molar-refractivity contribution in [2.24, 2.45) is 5.73 Å². The fourth-order valence-electron chi connectivity index (χ4n) is 2.03. The molecule has 1 aliphatic heterocycles. The van der Waals surface area contributed by atoms with E-state index >= 15 is 0 Å². The molecule has 0 aromatic heterocycles. The second-order valence-electron chi connectivity index (χ2n) is 4.73.